The fourth-order valence-electron chi connectivity index (χ4n) is 2.07. The molecule has 0 aromatic heterocycles. The Hall–Kier alpha value is -3.26. The number of nitriles is 1. The number of nitrogens with zero attached hydrogens (tertiary/aromatic N) is 1. The molecule has 2 rings (SSSR count). The van der Waals surface area contributed by atoms with E-state index in [1.165, 1.54) is 6.08 Å². The first kappa shape index (κ1) is 17.1. The number of benzene rings is 2. The highest BCUT2D eigenvalue weighted by Gasteiger charge is 2.05. The minimum absolute atomic E-state index is 0.0483. The van der Waals surface area contributed by atoms with Crippen LogP contribution < -0.4 is 9.47 Å². The van der Waals surface area contributed by atoms with Crippen LogP contribution in [0.15, 0.2) is 48.5 Å². The molecule has 2 aromatic carbocycles. The highest BCUT2D eigenvalue weighted by Crippen LogP contribution is 2.25. The second-order valence-corrected chi connectivity index (χ2v) is 4.82. The lowest BCUT2D eigenvalue weighted by Gasteiger charge is -2.07. The molecule has 0 N–H and O–H groups in total. The van der Waals surface area contributed by atoms with Gasteiger partial charge in [-0.1, -0.05) is 18.2 Å². The normalized spacial score (nSPS) is 10.2. The summed E-state index contributed by atoms with van der Waals surface area (Å²) in [5.41, 5.74) is 1.89. The van der Waals surface area contributed by atoms with Gasteiger partial charge in [-0.25, -0.2) is 4.79 Å². The van der Waals surface area contributed by atoms with Gasteiger partial charge in [0.15, 0.2) is 0 Å². The summed E-state index contributed by atoms with van der Waals surface area (Å²) < 4.78 is 15.6. The molecule has 0 heterocycles. The largest absolute Gasteiger partial charge is 0.497 e. The van der Waals surface area contributed by atoms with E-state index >= 15 is 0 Å². The molecular weight excluding hydrogens is 306 g/mol. The molecule has 2 aromatic rings. The molecule has 0 aliphatic rings. The van der Waals surface area contributed by atoms with Gasteiger partial charge in [0, 0.05) is 23.3 Å². The highest BCUT2D eigenvalue weighted by molar-refractivity contribution is 5.87. The summed E-state index contributed by atoms with van der Waals surface area (Å²) in [6.45, 7) is 0.0483. The molecule has 0 unspecified atom stereocenters. The molecule has 0 saturated heterocycles. The molecule has 0 saturated carbocycles. The summed E-state index contributed by atoms with van der Waals surface area (Å²) >= 11 is 0. The van der Waals surface area contributed by atoms with Crippen LogP contribution in [0.25, 0.3) is 6.08 Å². The highest BCUT2D eigenvalue weighted by atomic mass is 16.5. The van der Waals surface area contributed by atoms with Gasteiger partial charge in [0.25, 0.3) is 0 Å². The van der Waals surface area contributed by atoms with Gasteiger partial charge in [-0.15, -0.1) is 0 Å². The van der Waals surface area contributed by atoms with Gasteiger partial charge in [0.05, 0.1) is 25.9 Å². The number of carbonyl (C=O) groups excluding carboxylic acids is 1. The van der Waals surface area contributed by atoms with Crippen molar-refractivity contribution >= 4 is 12.0 Å². The topological polar surface area (TPSA) is 68.5 Å². The Morgan fingerprint density at radius 2 is 1.96 bits per heavy atom. The van der Waals surface area contributed by atoms with Crippen LogP contribution in [0.4, 0.5) is 0 Å². The van der Waals surface area contributed by atoms with Crippen molar-refractivity contribution in [3.8, 4) is 17.6 Å². The van der Waals surface area contributed by atoms with Crippen molar-refractivity contribution in [1.82, 2.24) is 0 Å². The van der Waals surface area contributed by atoms with Crippen LogP contribution in [0.5, 0.6) is 11.5 Å². The van der Waals surface area contributed by atoms with E-state index in [2.05, 4.69) is 6.07 Å². The Balaban J connectivity index is 2.02. The lowest BCUT2D eigenvalue weighted by atomic mass is 10.1. The fraction of sp³-hybridized carbons (Fsp3) is 0.158. The Morgan fingerprint density at radius 1 is 1.17 bits per heavy atom. The zero-order valence-electron chi connectivity index (χ0n) is 13.5. The summed E-state index contributed by atoms with van der Waals surface area (Å²) in [7, 11) is 3.12. The standard InChI is InChI=1S/C19H17NO4/c1-22-17-9-7-14(18(11-17)23-2)8-10-19(21)24-13-16-6-4-3-5-15(16)12-20/h3-11H,13H2,1-2H3/b10-8+. The molecule has 5 heteroatoms. The summed E-state index contributed by atoms with van der Waals surface area (Å²) in [4.78, 5) is 11.9. The molecule has 0 spiro atoms. The summed E-state index contributed by atoms with van der Waals surface area (Å²) in [6, 6.07) is 14.3. The van der Waals surface area contributed by atoms with Crippen molar-refractivity contribution < 1.29 is 19.0 Å². The van der Waals surface area contributed by atoms with E-state index in [1.54, 1.807) is 62.8 Å². The first-order chi connectivity index (χ1) is 11.7. The Bertz CT molecular complexity index is 790. The number of methoxy groups -OCH3 is 2. The van der Waals surface area contributed by atoms with E-state index in [-0.39, 0.29) is 6.61 Å². The lowest BCUT2D eigenvalue weighted by molar-refractivity contribution is -0.138. The number of hydrogen-bond donors (Lipinski definition) is 0. The van der Waals surface area contributed by atoms with E-state index in [4.69, 9.17) is 19.5 Å². The molecule has 0 aliphatic carbocycles. The minimum atomic E-state index is -0.499. The average molecular weight is 323 g/mol. The maximum Gasteiger partial charge on any atom is 0.331 e. The zero-order valence-corrected chi connectivity index (χ0v) is 13.5. The third-order valence-corrected chi connectivity index (χ3v) is 3.35. The fourth-order valence-corrected chi connectivity index (χ4v) is 2.07. The van der Waals surface area contributed by atoms with Crippen molar-refractivity contribution in [2.24, 2.45) is 0 Å². The molecule has 0 amide bonds. The predicted octanol–water partition coefficient (Wildman–Crippen LogP) is 3.33. The maximum absolute atomic E-state index is 11.9. The van der Waals surface area contributed by atoms with E-state index in [0.717, 1.165) is 5.56 Å². The van der Waals surface area contributed by atoms with Crippen molar-refractivity contribution in [2.45, 2.75) is 6.61 Å². The summed E-state index contributed by atoms with van der Waals surface area (Å²) in [6.07, 6.45) is 2.93. The van der Waals surface area contributed by atoms with Crippen LogP contribution in [-0.2, 0) is 16.1 Å². The van der Waals surface area contributed by atoms with Gasteiger partial charge in [-0.2, -0.15) is 5.26 Å². The van der Waals surface area contributed by atoms with Gasteiger partial charge in [0.2, 0.25) is 0 Å². The van der Waals surface area contributed by atoms with Gasteiger partial charge >= 0.3 is 5.97 Å². The first-order valence-electron chi connectivity index (χ1n) is 7.22. The number of carbonyl (C=O) groups is 1. The van der Waals surface area contributed by atoms with Crippen molar-refractivity contribution in [3.05, 3.63) is 65.2 Å². The van der Waals surface area contributed by atoms with E-state index in [1.807, 2.05) is 0 Å². The van der Waals surface area contributed by atoms with Crippen molar-refractivity contribution in [1.29, 1.82) is 5.26 Å². The lowest BCUT2D eigenvalue weighted by Crippen LogP contribution is -2.02. The van der Waals surface area contributed by atoms with Gasteiger partial charge in [-0.3, -0.25) is 0 Å². The van der Waals surface area contributed by atoms with Crippen LogP contribution in [0, 0.1) is 11.3 Å². The van der Waals surface area contributed by atoms with Crippen LogP contribution in [0.3, 0.4) is 0 Å². The van der Waals surface area contributed by atoms with Crippen LogP contribution >= 0.6 is 0 Å². The minimum Gasteiger partial charge on any atom is -0.497 e. The molecule has 0 atom stereocenters. The Morgan fingerprint density at radius 3 is 2.67 bits per heavy atom. The van der Waals surface area contributed by atoms with Crippen molar-refractivity contribution in [3.63, 3.8) is 0 Å². The molecule has 122 valence electrons. The van der Waals surface area contributed by atoms with Crippen LogP contribution in [0.1, 0.15) is 16.7 Å². The molecule has 0 fully saturated rings. The van der Waals surface area contributed by atoms with Crippen LogP contribution in [-0.4, -0.2) is 20.2 Å². The number of esters is 1. The SMILES string of the molecule is COc1ccc(/C=C/C(=O)OCc2ccccc2C#N)c(OC)c1. The van der Waals surface area contributed by atoms with Crippen LogP contribution in [0.2, 0.25) is 0 Å². The Labute approximate surface area is 140 Å². The molecular formula is C19H17NO4. The molecule has 0 aliphatic heterocycles. The smallest absolute Gasteiger partial charge is 0.331 e. The van der Waals surface area contributed by atoms with E-state index in [0.29, 0.717) is 22.6 Å². The predicted molar refractivity (Wildman–Crippen MR) is 89.5 cm³/mol. The molecule has 24 heavy (non-hydrogen) atoms. The number of rotatable bonds is 6. The third-order valence-electron chi connectivity index (χ3n) is 3.35. The monoisotopic (exact) mass is 323 g/mol. The third kappa shape index (κ3) is 4.37. The van der Waals surface area contributed by atoms with Gasteiger partial charge in [-0.05, 0) is 24.3 Å². The molecule has 5 nitrogen and oxygen atoms in total. The first-order valence-corrected chi connectivity index (χ1v) is 7.22. The van der Waals surface area contributed by atoms with E-state index < -0.39 is 5.97 Å². The summed E-state index contributed by atoms with van der Waals surface area (Å²) in [5.74, 6) is 0.758. The van der Waals surface area contributed by atoms with Gasteiger partial charge < -0.3 is 14.2 Å². The molecule has 0 bridgehead atoms. The maximum atomic E-state index is 11.9. The number of ether oxygens (including phenoxy) is 3. The molecule has 0 radical (unpaired) electrons. The second-order valence-electron chi connectivity index (χ2n) is 4.82. The van der Waals surface area contributed by atoms with Crippen molar-refractivity contribution in [2.75, 3.05) is 14.2 Å². The second kappa shape index (κ2) is 8.39. The zero-order chi connectivity index (χ0) is 17.4. The Kier molecular flexibility index (Phi) is 5.98. The quantitative estimate of drug-likeness (QED) is 0.602. The average Bonchev–Trinajstić information content (AvgIpc) is 2.64. The van der Waals surface area contributed by atoms with Gasteiger partial charge in [0.1, 0.15) is 18.1 Å². The number of hydrogen-bond acceptors (Lipinski definition) is 5. The van der Waals surface area contributed by atoms with E-state index in [9.17, 15) is 4.79 Å². The summed E-state index contributed by atoms with van der Waals surface area (Å²) in [5, 5.41) is 9.01.